The highest BCUT2D eigenvalue weighted by Gasteiger charge is 2.24. The minimum Gasteiger partial charge on any atom is -0.481 e. The molecule has 7 heteroatoms. The number of rotatable bonds is 6. The highest BCUT2D eigenvalue weighted by Crippen LogP contribution is 2.23. The lowest BCUT2D eigenvalue weighted by molar-refractivity contribution is -0.138. The summed E-state index contributed by atoms with van der Waals surface area (Å²) in [6.07, 6.45) is 2.51. The van der Waals surface area contributed by atoms with Crippen molar-refractivity contribution in [3.8, 4) is 11.4 Å². The van der Waals surface area contributed by atoms with E-state index in [0.29, 0.717) is 10.8 Å². The second-order valence-corrected chi connectivity index (χ2v) is 6.71. The number of hydrogen-bond donors (Lipinski definition) is 0. The molecule has 0 bridgehead atoms. The molecule has 6 nitrogen and oxygen atoms in total. The first-order valence-corrected chi connectivity index (χ1v) is 8.97. The van der Waals surface area contributed by atoms with Gasteiger partial charge in [-0.1, -0.05) is 29.8 Å². The van der Waals surface area contributed by atoms with E-state index in [1.165, 1.54) is 6.33 Å². The Morgan fingerprint density at radius 2 is 1.93 bits per heavy atom. The van der Waals surface area contributed by atoms with Gasteiger partial charge in [-0.2, -0.15) is 5.10 Å². The molecule has 1 heterocycles. The van der Waals surface area contributed by atoms with E-state index in [1.54, 1.807) is 54.1 Å². The van der Waals surface area contributed by atoms with Gasteiger partial charge < -0.3 is 9.64 Å². The number of ether oxygens (including phenoxy) is 1. The van der Waals surface area contributed by atoms with Crippen LogP contribution in [0, 0.1) is 0 Å². The lowest BCUT2D eigenvalue weighted by Gasteiger charge is -2.28. The third-order valence-corrected chi connectivity index (χ3v) is 4.68. The van der Waals surface area contributed by atoms with Gasteiger partial charge in [-0.05, 0) is 49.7 Å². The molecule has 0 aliphatic rings. The van der Waals surface area contributed by atoms with Gasteiger partial charge in [0, 0.05) is 12.1 Å². The van der Waals surface area contributed by atoms with Crippen molar-refractivity contribution in [2.45, 2.75) is 26.0 Å². The Bertz CT molecular complexity index is 897. The van der Waals surface area contributed by atoms with Crippen molar-refractivity contribution >= 4 is 17.5 Å². The number of likely N-dealkylation sites (N-methyl/N-ethyl adjacent to an activating group) is 1. The van der Waals surface area contributed by atoms with Crippen LogP contribution >= 0.6 is 11.6 Å². The number of benzene rings is 2. The van der Waals surface area contributed by atoms with Gasteiger partial charge in [0.2, 0.25) is 0 Å². The van der Waals surface area contributed by atoms with Crippen molar-refractivity contribution in [1.82, 2.24) is 19.7 Å². The second-order valence-electron chi connectivity index (χ2n) is 6.27. The highest BCUT2D eigenvalue weighted by atomic mass is 35.5. The van der Waals surface area contributed by atoms with Gasteiger partial charge in [0.05, 0.1) is 11.7 Å². The van der Waals surface area contributed by atoms with Gasteiger partial charge in [0.25, 0.3) is 5.91 Å². The van der Waals surface area contributed by atoms with Crippen molar-refractivity contribution in [3.05, 3.63) is 71.8 Å². The van der Waals surface area contributed by atoms with Crippen LogP contribution in [0.1, 0.15) is 25.5 Å². The summed E-state index contributed by atoms with van der Waals surface area (Å²) in [6, 6.07) is 14.8. The molecule has 1 amide bonds. The number of carbonyl (C=O) groups excluding carboxylic acids is 1. The maximum atomic E-state index is 12.7. The average molecular weight is 385 g/mol. The predicted molar refractivity (Wildman–Crippen MR) is 104 cm³/mol. The van der Waals surface area contributed by atoms with Crippen molar-refractivity contribution in [3.63, 3.8) is 0 Å². The second kappa shape index (κ2) is 8.22. The van der Waals surface area contributed by atoms with E-state index < -0.39 is 6.10 Å². The van der Waals surface area contributed by atoms with Gasteiger partial charge in [-0.15, -0.1) is 0 Å². The van der Waals surface area contributed by atoms with Crippen molar-refractivity contribution < 1.29 is 9.53 Å². The number of halogens is 1. The SMILES string of the molecule is CC(Oc1cccc(Cl)c1)C(=O)N(C)C(C)c1ccc(-n2cncn2)cc1. The molecule has 0 spiro atoms. The van der Waals surface area contributed by atoms with E-state index in [1.807, 2.05) is 31.2 Å². The fourth-order valence-corrected chi connectivity index (χ4v) is 2.92. The van der Waals surface area contributed by atoms with Gasteiger partial charge in [0.1, 0.15) is 18.4 Å². The number of amides is 1. The highest BCUT2D eigenvalue weighted by molar-refractivity contribution is 6.30. The van der Waals surface area contributed by atoms with Crippen LogP contribution in [0.25, 0.3) is 5.69 Å². The summed E-state index contributed by atoms with van der Waals surface area (Å²) in [4.78, 5) is 18.4. The smallest absolute Gasteiger partial charge is 0.263 e. The first kappa shape index (κ1) is 18.9. The van der Waals surface area contributed by atoms with Crippen LogP contribution < -0.4 is 4.74 Å². The fourth-order valence-electron chi connectivity index (χ4n) is 2.74. The topological polar surface area (TPSA) is 60.2 Å². The van der Waals surface area contributed by atoms with E-state index in [2.05, 4.69) is 10.1 Å². The third kappa shape index (κ3) is 4.46. The molecule has 0 saturated heterocycles. The molecule has 27 heavy (non-hydrogen) atoms. The third-order valence-electron chi connectivity index (χ3n) is 4.44. The Morgan fingerprint density at radius 1 is 1.19 bits per heavy atom. The summed E-state index contributed by atoms with van der Waals surface area (Å²) < 4.78 is 7.42. The molecule has 0 aliphatic carbocycles. The number of aromatic nitrogens is 3. The van der Waals surface area contributed by atoms with Gasteiger partial charge >= 0.3 is 0 Å². The Balaban J connectivity index is 1.66. The van der Waals surface area contributed by atoms with Gasteiger partial charge in [-0.25, -0.2) is 9.67 Å². The molecule has 0 fully saturated rings. The zero-order chi connectivity index (χ0) is 19.4. The normalized spacial score (nSPS) is 13.0. The Kier molecular flexibility index (Phi) is 5.76. The minimum absolute atomic E-state index is 0.104. The van der Waals surface area contributed by atoms with E-state index in [9.17, 15) is 4.79 Å². The maximum Gasteiger partial charge on any atom is 0.263 e. The van der Waals surface area contributed by atoms with Crippen LogP contribution in [0.2, 0.25) is 5.02 Å². The average Bonchev–Trinajstić information content (AvgIpc) is 3.21. The van der Waals surface area contributed by atoms with Crippen LogP contribution in [0.3, 0.4) is 0 Å². The van der Waals surface area contributed by atoms with Crippen molar-refractivity contribution in [2.75, 3.05) is 7.05 Å². The van der Waals surface area contributed by atoms with E-state index in [-0.39, 0.29) is 11.9 Å². The molecule has 0 radical (unpaired) electrons. The number of hydrogen-bond acceptors (Lipinski definition) is 4. The number of nitrogens with zero attached hydrogens (tertiary/aromatic N) is 4. The number of carbonyl (C=O) groups is 1. The first-order valence-electron chi connectivity index (χ1n) is 8.59. The predicted octanol–water partition coefficient (Wildman–Crippen LogP) is 3.91. The first-order chi connectivity index (χ1) is 13.0. The van der Waals surface area contributed by atoms with E-state index in [0.717, 1.165) is 11.3 Å². The lowest BCUT2D eigenvalue weighted by atomic mass is 10.1. The van der Waals surface area contributed by atoms with Crippen LogP contribution in [-0.2, 0) is 4.79 Å². The summed E-state index contributed by atoms with van der Waals surface area (Å²) in [5.74, 6) is 0.462. The van der Waals surface area contributed by atoms with Crippen molar-refractivity contribution in [1.29, 1.82) is 0 Å². The summed E-state index contributed by atoms with van der Waals surface area (Å²) >= 11 is 5.97. The molecule has 1 aromatic heterocycles. The molecule has 3 aromatic rings. The zero-order valence-electron chi connectivity index (χ0n) is 15.4. The van der Waals surface area contributed by atoms with Crippen LogP contribution in [-0.4, -0.2) is 38.7 Å². The minimum atomic E-state index is -0.620. The van der Waals surface area contributed by atoms with Gasteiger partial charge in [0.15, 0.2) is 6.10 Å². The largest absolute Gasteiger partial charge is 0.481 e. The van der Waals surface area contributed by atoms with E-state index >= 15 is 0 Å². The van der Waals surface area contributed by atoms with Crippen molar-refractivity contribution in [2.24, 2.45) is 0 Å². The molecule has 0 N–H and O–H groups in total. The Hall–Kier alpha value is -2.86. The molecule has 3 rings (SSSR count). The fraction of sp³-hybridized carbons (Fsp3) is 0.250. The van der Waals surface area contributed by atoms with Crippen LogP contribution in [0.5, 0.6) is 5.75 Å². The van der Waals surface area contributed by atoms with Crippen LogP contribution in [0.15, 0.2) is 61.2 Å². The van der Waals surface area contributed by atoms with E-state index in [4.69, 9.17) is 16.3 Å². The molecule has 2 atom stereocenters. The quantitative estimate of drug-likeness (QED) is 0.646. The molecule has 2 aromatic carbocycles. The zero-order valence-corrected chi connectivity index (χ0v) is 16.2. The summed E-state index contributed by atoms with van der Waals surface area (Å²) in [7, 11) is 1.77. The molecule has 140 valence electrons. The maximum absolute atomic E-state index is 12.7. The standard InChI is InChI=1S/C20H21ClN4O2/c1-14(16-7-9-18(10-8-16)25-13-22-12-23-25)24(3)20(26)15(2)27-19-6-4-5-17(21)11-19/h4-15H,1-3H3. The lowest BCUT2D eigenvalue weighted by Crippen LogP contribution is -2.39. The summed E-state index contributed by atoms with van der Waals surface area (Å²) in [5, 5.41) is 4.68. The Labute approximate surface area is 163 Å². The molecular formula is C20H21ClN4O2. The monoisotopic (exact) mass is 384 g/mol. The van der Waals surface area contributed by atoms with Crippen LogP contribution in [0.4, 0.5) is 0 Å². The molecular weight excluding hydrogens is 364 g/mol. The summed E-state index contributed by atoms with van der Waals surface area (Å²) in [6.45, 7) is 3.72. The molecule has 2 unspecified atom stereocenters. The Morgan fingerprint density at radius 3 is 2.56 bits per heavy atom. The molecule has 0 aliphatic heterocycles. The van der Waals surface area contributed by atoms with Gasteiger partial charge in [-0.3, -0.25) is 4.79 Å². The molecule has 0 saturated carbocycles. The summed E-state index contributed by atoms with van der Waals surface area (Å²) in [5.41, 5.74) is 1.93.